The van der Waals surface area contributed by atoms with Crippen LogP contribution in [0.25, 0.3) is 6.08 Å². The highest BCUT2D eigenvalue weighted by molar-refractivity contribution is 6.37. The van der Waals surface area contributed by atoms with Crippen LogP contribution in [0.4, 0.5) is 0 Å². The molecule has 0 aliphatic rings. The van der Waals surface area contributed by atoms with Crippen molar-refractivity contribution in [1.82, 2.24) is 5.32 Å². The minimum Gasteiger partial charge on any atom is -0.481 e. The second kappa shape index (κ2) is 7.66. The van der Waals surface area contributed by atoms with Gasteiger partial charge in [-0.15, -0.1) is 0 Å². The molecule has 0 spiro atoms. The fourth-order valence-electron chi connectivity index (χ4n) is 1.42. The molecule has 1 atom stereocenters. The summed E-state index contributed by atoms with van der Waals surface area (Å²) in [6.45, 7) is 0. The molecule has 21 heavy (non-hydrogen) atoms. The van der Waals surface area contributed by atoms with Crippen LogP contribution in [0.2, 0.25) is 10.0 Å². The first kappa shape index (κ1) is 17.0. The first-order valence-electron chi connectivity index (χ1n) is 5.68. The largest absolute Gasteiger partial charge is 0.481 e. The van der Waals surface area contributed by atoms with E-state index in [1.807, 2.05) is 0 Å². The zero-order chi connectivity index (χ0) is 16.0. The van der Waals surface area contributed by atoms with Gasteiger partial charge in [0.1, 0.15) is 6.04 Å². The van der Waals surface area contributed by atoms with Gasteiger partial charge in [-0.1, -0.05) is 29.3 Å². The number of hydrogen-bond donors (Lipinski definition) is 3. The number of nitrogens with one attached hydrogen (secondary N) is 1. The Kier molecular flexibility index (Phi) is 6.20. The lowest BCUT2D eigenvalue weighted by Gasteiger charge is -2.10. The highest BCUT2D eigenvalue weighted by Gasteiger charge is 2.22. The topological polar surface area (TPSA) is 104 Å². The van der Waals surface area contributed by atoms with Gasteiger partial charge in [0.25, 0.3) is 0 Å². The first-order valence-corrected chi connectivity index (χ1v) is 6.44. The number of carbonyl (C=O) groups is 3. The predicted octanol–water partition coefficient (Wildman–Crippen LogP) is 2.05. The summed E-state index contributed by atoms with van der Waals surface area (Å²) in [5.74, 6) is -3.53. The maximum Gasteiger partial charge on any atom is 0.326 e. The fourth-order valence-corrected chi connectivity index (χ4v) is 1.95. The Bertz CT molecular complexity index is 580. The Morgan fingerprint density at radius 3 is 2.24 bits per heavy atom. The third-order valence-electron chi connectivity index (χ3n) is 2.39. The number of benzene rings is 1. The van der Waals surface area contributed by atoms with Crippen LogP contribution in [-0.2, 0) is 14.4 Å². The molecule has 8 heteroatoms. The molecule has 6 nitrogen and oxygen atoms in total. The van der Waals surface area contributed by atoms with Crippen molar-refractivity contribution in [3.8, 4) is 0 Å². The van der Waals surface area contributed by atoms with Crippen molar-refractivity contribution in [3.05, 3.63) is 39.9 Å². The Balaban J connectivity index is 2.78. The highest BCUT2D eigenvalue weighted by Crippen LogP contribution is 2.25. The van der Waals surface area contributed by atoms with Crippen molar-refractivity contribution < 1.29 is 24.6 Å². The molecule has 0 fully saturated rings. The summed E-state index contributed by atoms with van der Waals surface area (Å²) in [5, 5.41) is 20.1. The van der Waals surface area contributed by atoms with Crippen LogP contribution in [0, 0.1) is 0 Å². The number of halogens is 2. The zero-order valence-electron chi connectivity index (χ0n) is 10.5. The van der Waals surface area contributed by atoms with Crippen LogP contribution in [0.15, 0.2) is 24.3 Å². The van der Waals surface area contributed by atoms with Crippen molar-refractivity contribution in [2.45, 2.75) is 12.5 Å². The molecule has 0 saturated heterocycles. The summed E-state index contributed by atoms with van der Waals surface area (Å²) in [5.41, 5.74) is 0.404. The Morgan fingerprint density at radius 1 is 1.19 bits per heavy atom. The lowest BCUT2D eigenvalue weighted by Crippen LogP contribution is -2.41. The third-order valence-corrected chi connectivity index (χ3v) is 3.05. The maximum absolute atomic E-state index is 11.6. The van der Waals surface area contributed by atoms with Gasteiger partial charge < -0.3 is 15.5 Å². The lowest BCUT2D eigenvalue weighted by atomic mass is 10.2. The van der Waals surface area contributed by atoms with E-state index in [0.717, 1.165) is 6.08 Å². The Labute approximate surface area is 130 Å². The SMILES string of the molecule is O=C(O)C[C@H](NC(=O)/C=C/c1c(Cl)cccc1Cl)C(=O)O. The van der Waals surface area contributed by atoms with Gasteiger partial charge in [0.15, 0.2) is 0 Å². The van der Waals surface area contributed by atoms with E-state index in [-0.39, 0.29) is 0 Å². The molecule has 0 aromatic heterocycles. The molecule has 1 aromatic carbocycles. The molecule has 1 aromatic rings. The molecule has 0 saturated carbocycles. The van der Waals surface area contributed by atoms with E-state index in [0.29, 0.717) is 15.6 Å². The third kappa shape index (κ3) is 5.45. The molecule has 3 N–H and O–H groups in total. The number of carboxylic acids is 2. The number of rotatable bonds is 6. The van der Waals surface area contributed by atoms with E-state index in [4.69, 9.17) is 33.4 Å². The Hall–Kier alpha value is -2.05. The summed E-state index contributed by atoms with van der Waals surface area (Å²) >= 11 is 11.8. The minimum atomic E-state index is -1.51. The molecular weight excluding hydrogens is 321 g/mol. The summed E-state index contributed by atoms with van der Waals surface area (Å²) in [6.07, 6.45) is 1.63. The molecule has 0 radical (unpaired) electrons. The summed E-state index contributed by atoms with van der Waals surface area (Å²) < 4.78 is 0. The van der Waals surface area contributed by atoms with Gasteiger partial charge >= 0.3 is 11.9 Å². The van der Waals surface area contributed by atoms with E-state index >= 15 is 0 Å². The summed E-state index contributed by atoms with van der Waals surface area (Å²) in [7, 11) is 0. The van der Waals surface area contributed by atoms with Gasteiger partial charge in [-0.25, -0.2) is 4.79 Å². The lowest BCUT2D eigenvalue weighted by molar-refractivity contribution is -0.146. The zero-order valence-corrected chi connectivity index (χ0v) is 12.1. The molecular formula is C13H11Cl2NO5. The second-order valence-electron chi connectivity index (χ2n) is 3.97. The van der Waals surface area contributed by atoms with Crippen LogP contribution >= 0.6 is 23.2 Å². The van der Waals surface area contributed by atoms with Crippen molar-refractivity contribution in [3.63, 3.8) is 0 Å². The number of carbonyl (C=O) groups excluding carboxylic acids is 1. The van der Waals surface area contributed by atoms with Gasteiger partial charge in [-0.05, 0) is 18.2 Å². The minimum absolute atomic E-state index is 0.326. The number of aliphatic carboxylic acids is 2. The van der Waals surface area contributed by atoms with Crippen molar-refractivity contribution in [2.75, 3.05) is 0 Å². The molecule has 0 bridgehead atoms. The molecule has 0 heterocycles. The van der Waals surface area contributed by atoms with Crippen LogP contribution in [0.5, 0.6) is 0 Å². The normalized spacial score (nSPS) is 12.1. The first-order chi connectivity index (χ1) is 9.81. The van der Waals surface area contributed by atoms with Crippen LogP contribution in [0.1, 0.15) is 12.0 Å². The highest BCUT2D eigenvalue weighted by atomic mass is 35.5. The monoisotopic (exact) mass is 331 g/mol. The molecule has 0 aliphatic heterocycles. The van der Waals surface area contributed by atoms with E-state index in [2.05, 4.69) is 5.32 Å². The van der Waals surface area contributed by atoms with Crippen molar-refractivity contribution in [1.29, 1.82) is 0 Å². The van der Waals surface area contributed by atoms with Crippen molar-refractivity contribution >= 4 is 47.1 Å². The quantitative estimate of drug-likeness (QED) is 0.692. The van der Waals surface area contributed by atoms with E-state index in [9.17, 15) is 14.4 Å². The van der Waals surface area contributed by atoms with Gasteiger partial charge in [0.2, 0.25) is 5.91 Å². The second-order valence-corrected chi connectivity index (χ2v) is 4.78. The number of carboxylic acid groups (broad SMARTS) is 2. The van der Waals surface area contributed by atoms with Gasteiger partial charge in [0.05, 0.1) is 6.42 Å². The van der Waals surface area contributed by atoms with Crippen LogP contribution < -0.4 is 5.32 Å². The van der Waals surface area contributed by atoms with E-state index in [1.54, 1.807) is 18.2 Å². The molecule has 1 rings (SSSR count). The summed E-state index contributed by atoms with van der Waals surface area (Å²) in [6, 6.07) is 3.28. The standard InChI is InChI=1S/C13H11Cl2NO5/c14-8-2-1-3-9(15)7(8)4-5-11(17)16-10(13(20)21)6-12(18)19/h1-5,10H,6H2,(H,16,17)(H,18,19)(H,20,21)/b5-4+/t10-/m0/s1. The maximum atomic E-state index is 11.6. The number of hydrogen-bond acceptors (Lipinski definition) is 3. The van der Waals surface area contributed by atoms with Gasteiger partial charge in [0, 0.05) is 21.7 Å². The smallest absolute Gasteiger partial charge is 0.326 e. The van der Waals surface area contributed by atoms with Crippen LogP contribution in [-0.4, -0.2) is 34.1 Å². The molecule has 0 unspecified atom stereocenters. The van der Waals surface area contributed by atoms with Gasteiger partial charge in [-0.2, -0.15) is 0 Å². The average Bonchev–Trinajstić information content (AvgIpc) is 2.36. The molecule has 112 valence electrons. The van der Waals surface area contributed by atoms with E-state index in [1.165, 1.54) is 6.08 Å². The van der Waals surface area contributed by atoms with Crippen molar-refractivity contribution in [2.24, 2.45) is 0 Å². The number of amides is 1. The molecule has 0 aliphatic carbocycles. The predicted molar refractivity (Wildman–Crippen MR) is 77.3 cm³/mol. The Morgan fingerprint density at radius 2 is 1.76 bits per heavy atom. The fraction of sp³-hybridized carbons (Fsp3) is 0.154. The van der Waals surface area contributed by atoms with Gasteiger partial charge in [-0.3, -0.25) is 9.59 Å². The summed E-state index contributed by atoms with van der Waals surface area (Å²) in [4.78, 5) is 32.9. The van der Waals surface area contributed by atoms with Crippen LogP contribution in [0.3, 0.4) is 0 Å². The average molecular weight is 332 g/mol. The van der Waals surface area contributed by atoms with E-state index < -0.39 is 30.3 Å². The molecule has 1 amide bonds.